The standard InChI is InChI=1S/C19H17F4N5O/c1-27(9-13-2-5-15(20)6-3-13)10-18(29)26-16-8-14(19(21,22)23)4-7-17(16)28-12-24-11-25-28/h2-8,11-12H,9-10H2,1H3,(H,26,29). The van der Waals surface area contributed by atoms with Gasteiger partial charge in [-0.05, 0) is 42.9 Å². The van der Waals surface area contributed by atoms with Crippen LogP contribution in [0.25, 0.3) is 5.69 Å². The molecule has 10 heteroatoms. The molecule has 0 bridgehead atoms. The van der Waals surface area contributed by atoms with Gasteiger partial charge in [0.25, 0.3) is 0 Å². The molecule has 6 nitrogen and oxygen atoms in total. The van der Waals surface area contributed by atoms with Crippen LogP contribution < -0.4 is 5.32 Å². The van der Waals surface area contributed by atoms with Crippen molar-refractivity contribution < 1.29 is 22.4 Å². The highest BCUT2D eigenvalue weighted by molar-refractivity contribution is 5.94. The van der Waals surface area contributed by atoms with E-state index in [0.29, 0.717) is 6.54 Å². The lowest BCUT2D eigenvalue weighted by Crippen LogP contribution is -2.30. The first kappa shape index (κ1) is 20.5. The van der Waals surface area contributed by atoms with Gasteiger partial charge in [0.15, 0.2) is 0 Å². The first-order chi connectivity index (χ1) is 13.7. The van der Waals surface area contributed by atoms with E-state index in [1.54, 1.807) is 24.1 Å². The Morgan fingerprint density at radius 1 is 1.17 bits per heavy atom. The molecule has 0 unspecified atom stereocenters. The average molecular weight is 407 g/mol. The molecule has 0 fully saturated rings. The maximum Gasteiger partial charge on any atom is 0.416 e. The van der Waals surface area contributed by atoms with Crippen molar-refractivity contribution in [3.05, 3.63) is 72.1 Å². The fourth-order valence-electron chi connectivity index (χ4n) is 2.74. The molecule has 0 atom stereocenters. The number of nitrogens with one attached hydrogen (secondary N) is 1. The van der Waals surface area contributed by atoms with Gasteiger partial charge in [-0.25, -0.2) is 14.1 Å². The van der Waals surface area contributed by atoms with Crippen molar-refractivity contribution in [2.45, 2.75) is 12.7 Å². The second-order valence-electron chi connectivity index (χ2n) is 6.42. The Morgan fingerprint density at radius 2 is 1.90 bits per heavy atom. The number of nitrogens with zero attached hydrogens (tertiary/aromatic N) is 4. The van der Waals surface area contributed by atoms with Gasteiger partial charge < -0.3 is 5.32 Å². The van der Waals surface area contributed by atoms with Gasteiger partial charge >= 0.3 is 6.18 Å². The highest BCUT2D eigenvalue weighted by atomic mass is 19.4. The summed E-state index contributed by atoms with van der Waals surface area (Å²) in [6.07, 6.45) is -2.00. The zero-order valence-electron chi connectivity index (χ0n) is 15.3. The minimum atomic E-state index is -4.56. The van der Waals surface area contributed by atoms with Gasteiger partial charge in [0.2, 0.25) is 5.91 Å². The van der Waals surface area contributed by atoms with Crippen molar-refractivity contribution in [1.82, 2.24) is 19.7 Å². The Balaban J connectivity index is 1.75. The zero-order chi connectivity index (χ0) is 21.0. The third-order valence-corrected chi connectivity index (χ3v) is 4.04. The lowest BCUT2D eigenvalue weighted by atomic mass is 10.1. The summed E-state index contributed by atoms with van der Waals surface area (Å²) < 4.78 is 53.5. The van der Waals surface area contributed by atoms with Crippen LogP contribution in [0.4, 0.5) is 23.2 Å². The van der Waals surface area contributed by atoms with E-state index < -0.39 is 17.6 Å². The molecule has 1 amide bonds. The van der Waals surface area contributed by atoms with Crippen molar-refractivity contribution >= 4 is 11.6 Å². The summed E-state index contributed by atoms with van der Waals surface area (Å²) in [5, 5.41) is 6.41. The Kier molecular flexibility index (Phi) is 5.92. The van der Waals surface area contributed by atoms with E-state index in [4.69, 9.17) is 0 Å². The minimum Gasteiger partial charge on any atom is -0.323 e. The lowest BCUT2D eigenvalue weighted by Gasteiger charge is -2.18. The maximum absolute atomic E-state index is 13.1. The molecule has 0 aliphatic rings. The summed E-state index contributed by atoms with van der Waals surface area (Å²) >= 11 is 0. The number of rotatable bonds is 6. The molecule has 0 radical (unpaired) electrons. The van der Waals surface area contributed by atoms with E-state index in [1.807, 2.05) is 0 Å². The highest BCUT2D eigenvalue weighted by Gasteiger charge is 2.31. The van der Waals surface area contributed by atoms with Crippen LogP contribution in [-0.2, 0) is 17.5 Å². The van der Waals surface area contributed by atoms with Crippen molar-refractivity contribution in [2.24, 2.45) is 0 Å². The molecule has 152 valence electrons. The van der Waals surface area contributed by atoms with Gasteiger partial charge in [0.1, 0.15) is 18.5 Å². The summed E-state index contributed by atoms with van der Waals surface area (Å²) in [7, 11) is 1.67. The van der Waals surface area contributed by atoms with E-state index in [9.17, 15) is 22.4 Å². The third kappa shape index (κ3) is 5.38. The van der Waals surface area contributed by atoms with E-state index in [-0.39, 0.29) is 23.7 Å². The number of likely N-dealkylation sites (N-methyl/N-ethyl adjacent to an activating group) is 1. The number of halogens is 4. The van der Waals surface area contributed by atoms with Crippen molar-refractivity contribution in [3.8, 4) is 5.69 Å². The number of hydrogen-bond donors (Lipinski definition) is 1. The topological polar surface area (TPSA) is 63.1 Å². The maximum atomic E-state index is 13.1. The fraction of sp³-hybridized carbons (Fsp3) is 0.211. The summed E-state index contributed by atoms with van der Waals surface area (Å²) in [6, 6.07) is 8.81. The molecule has 1 N–H and O–H groups in total. The molecular formula is C19H17F4N5O. The van der Waals surface area contributed by atoms with E-state index in [2.05, 4.69) is 15.4 Å². The minimum absolute atomic E-state index is 0.0366. The van der Waals surface area contributed by atoms with Gasteiger partial charge in [-0.3, -0.25) is 9.69 Å². The van der Waals surface area contributed by atoms with Gasteiger partial charge in [-0.2, -0.15) is 18.3 Å². The molecule has 0 aliphatic heterocycles. The molecule has 29 heavy (non-hydrogen) atoms. The van der Waals surface area contributed by atoms with Crippen LogP contribution in [0.1, 0.15) is 11.1 Å². The Labute approximate surface area is 163 Å². The van der Waals surface area contributed by atoms with Gasteiger partial charge in [0, 0.05) is 6.54 Å². The van der Waals surface area contributed by atoms with Crippen LogP contribution in [0.5, 0.6) is 0 Å². The van der Waals surface area contributed by atoms with Crippen LogP contribution in [0, 0.1) is 5.82 Å². The van der Waals surface area contributed by atoms with Gasteiger partial charge in [-0.1, -0.05) is 12.1 Å². The second kappa shape index (κ2) is 8.39. The number of alkyl halides is 3. The lowest BCUT2D eigenvalue weighted by molar-refractivity contribution is -0.137. The third-order valence-electron chi connectivity index (χ3n) is 4.04. The van der Waals surface area contributed by atoms with E-state index >= 15 is 0 Å². The van der Waals surface area contributed by atoms with Gasteiger partial charge in [-0.15, -0.1) is 0 Å². The van der Waals surface area contributed by atoms with Crippen LogP contribution in [0.2, 0.25) is 0 Å². The number of carbonyl (C=O) groups is 1. The Bertz CT molecular complexity index is 971. The summed E-state index contributed by atoms with van der Waals surface area (Å²) in [6.45, 7) is 0.288. The highest BCUT2D eigenvalue weighted by Crippen LogP contribution is 2.33. The number of aromatic nitrogens is 3. The average Bonchev–Trinajstić information content (AvgIpc) is 3.17. The fourth-order valence-corrected chi connectivity index (χ4v) is 2.74. The molecule has 3 aromatic rings. The first-order valence-corrected chi connectivity index (χ1v) is 8.51. The molecular weight excluding hydrogens is 390 g/mol. The largest absolute Gasteiger partial charge is 0.416 e. The monoisotopic (exact) mass is 407 g/mol. The SMILES string of the molecule is CN(CC(=O)Nc1cc(C(F)(F)F)ccc1-n1cncn1)Cc1ccc(F)cc1. The zero-order valence-corrected chi connectivity index (χ0v) is 15.3. The predicted octanol–water partition coefficient (Wildman–Crippen LogP) is 3.50. The number of carbonyl (C=O) groups excluding carboxylic acids is 1. The molecule has 1 heterocycles. The van der Waals surface area contributed by atoms with Crippen LogP contribution >= 0.6 is 0 Å². The second-order valence-corrected chi connectivity index (χ2v) is 6.42. The molecule has 0 aliphatic carbocycles. The van der Waals surface area contributed by atoms with Gasteiger partial charge in [0.05, 0.1) is 23.5 Å². The quantitative estimate of drug-likeness (QED) is 0.636. The number of amides is 1. The molecule has 1 aromatic heterocycles. The molecule has 0 saturated heterocycles. The summed E-state index contributed by atoms with van der Waals surface area (Å²) in [5.41, 5.74) is 0.121. The number of anilines is 1. The van der Waals surface area contributed by atoms with E-state index in [1.165, 1.54) is 35.5 Å². The molecule has 0 spiro atoms. The van der Waals surface area contributed by atoms with Crippen LogP contribution in [0.3, 0.4) is 0 Å². The summed E-state index contributed by atoms with van der Waals surface area (Å²) in [4.78, 5) is 17.8. The summed E-state index contributed by atoms with van der Waals surface area (Å²) in [5.74, 6) is -0.866. The van der Waals surface area contributed by atoms with Crippen LogP contribution in [-0.4, -0.2) is 39.2 Å². The number of hydrogen-bond acceptors (Lipinski definition) is 4. The first-order valence-electron chi connectivity index (χ1n) is 8.51. The Hall–Kier alpha value is -3.27. The smallest absolute Gasteiger partial charge is 0.323 e. The van der Waals surface area contributed by atoms with Crippen molar-refractivity contribution in [2.75, 3.05) is 18.9 Å². The van der Waals surface area contributed by atoms with Crippen molar-refractivity contribution in [3.63, 3.8) is 0 Å². The molecule has 3 rings (SSSR count). The predicted molar refractivity (Wildman–Crippen MR) is 97.7 cm³/mol. The van der Waals surface area contributed by atoms with E-state index in [0.717, 1.165) is 17.7 Å². The Morgan fingerprint density at radius 3 is 2.52 bits per heavy atom. The molecule has 2 aromatic carbocycles. The number of benzene rings is 2. The van der Waals surface area contributed by atoms with Crippen LogP contribution in [0.15, 0.2) is 55.1 Å². The van der Waals surface area contributed by atoms with Crippen molar-refractivity contribution in [1.29, 1.82) is 0 Å². The molecule has 0 saturated carbocycles. The normalized spacial score (nSPS) is 11.7.